The number of carbonyl (C=O) groups excluding carboxylic acids is 2. The standard InChI is InChI=1S/C22H23F2NO4/c1-14-11-15(7-9-17(14)23)8-10-21(26)25-13-16(12-19(25)22(27)28-2)29-20-6-4-3-5-18(20)24/h3-7,9,11,16,19H,8,10,12-13H2,1-2H3. The van der Waals surface area contributed by atoms with Crippen LogP contribution in [-0.2, 0) is 20.7 Å². The minimum absolute atomic E-state index is 0.0807. The minimum Gasteiger partial charge on any atom is -0.485 e. The fourth-order valence-corrected chi connectivity index (χ4v) is 3.49. The van der Waals surface area contributed by atoms with Gasteiger partial charge in [-0.3, -0.25) is 4.79 Å². The number of halogens is 2. The van der Waals surface area contributed by atoms with Crippen LogP contribution >= 0.6 is 0 Å². The Kier molecular flexibility index (Phi) is 6.46. The molecule has 0 aromatic heterocycles. The maximum atomic E-state index is 13.9. The molecule has 1 aliphatic rings. The highest BCUT2D eigenvalue weighted by molar-refractivity contribution is 5.85. The van der Waals surface area contributed by atoms with Crippen molar-refractivity contribution in [1.29, 1.82) is 0 Å². The Morgan fingerprint density at radius 2 is 1.90 bits per heavy atom. The first-order chi connectivity index (χ1) is 13.9. The van der Waals surface area contributed by atoms with E-state index in [-0.39, 0.29) is 36.9 Å². The molecule has 0 N–H and O–H groups in total. The summed E-state index contributed by atoms with van der Waals surface area (Å²) < 4.78 is 37.8. The highest BCUT2D eigenvalue weighted by Gasteiger charge is 2.41. The van der Waals surface area contributed by atoms with Gasteiger partial charge in [0.2, 0.25) is 5.91 Å². The summed E-state index contributed by atoms with van der Waals surface area (Å²) in [6.45, 7) is 1.83. The number of aryl methyl sites for hydroxylation is 2. The molecule has 2 aromatic rings. The Bertz CT molecular complexity index is 902. The predicted octanol–water partition coefficient (Wildman–Crippen LogP) is 3.43. The van der Waals surface area contributed by atoms with Crippen molar-refractivity contribution >= 4 is 11.9 Å². The van der Waals surface area contributed by atoms with Gasteiger partial charge in [0.15, 0.2) is 11.6 Å². The van der Waals surface area contributed by atoms with Gasteiger partial charge in [-0.2, -0.15) is 0 Å². The molecule has 2 unspecified atom stereocenters. The SMILES string of the molecule is COC(=O)C1CC(Oc2ccccc2F)CN1C(=O)CCc1ccc(F)c(C)c1. The van der Waals surface area contributed by atoms with Gasteiger partial charge in [0, 0.05) is 12.8 Å². The van der Waals surface area contributed by atoms with Crippen LogP contribution in [0, 0.1) is 18.6 Å². The first-order valence-corrected chi connectivity index (χ1v) is 9.42. The van der Waals surface area contributed by atoms with E-state index < -0.39 is 23.9 Å². The summed E-state index contributed by atoms with van der Waals surface area (Å²) in [5.74, 6) is -1.48. The Balaban J connectivity index is 1.67. The number of amides is 1. The van der Waals surface area contributed by atoms with E-state index in [1.165, 1.54) is 30.2 Å². The molecule has 1 aliphatic heterocycles. The van der Waals surface area contributed by atoms with Crippen LogP contribution in [0.15, 0.2) is 42.5 Å². The smallest absolute Gasteiger partial charge is 0.328 e. The first-order valence-electron chi connectivity index (χ1n) is 9.42. The van der Waals surface area contributed by atoms with Gasteiger partial charge in [0.05, 0.1) is 13.7 Å². The first kappa shape index (κ1) is 20.8. The highest BCUT2D eigenvalue weighted by atomic mass is 19.1. The Morgan fingerprint density at radius 3 is 2.59 bits per heavy atom. The molecule has 1 saturated heterocycles. The summed E-state index contributed by atoms with van der Waals surface area (Å²) in [5.41, 5.74) is 1.35. The molecule has 0 radical (unpaired) electrons. The van der Waals surface area contributed by atoms with Crippen molar-refractivity contribution in [2.75, 3.05) is 13.7 Å². The topological polar surface area (TPSA) is 55.8 Å². The third-order valence-corrected chi connectivity index (χ3v) is 5.04. The van der Waals surface area contributed by atoms with Crippen molar-refractivity contribution in [3.05, 3.63) is 65.2 Å². The molecule has 0 bridgehead atoms. The maximum Gasteiger partial charge on any atom is 0.328 e. The number of rotatable bonds is 6. The van der Waals surface area contributed by atoms with Crippen molar-refractivity contribution in [2.24, 2.45) is 0 Å². The number of nitrogens with zero attached hydrogens (tertiary/aromatic N) is 1. The summed E-state index contributed by atoms with van der Waals surface area (Å²) in [7, 11) is 1.26. The van der Waals surface area contributed by atoms with Crippen LogP contribution in [0.3, 0.4) is 0 Å². The largest absolute Gasteiger partial charge is 0.485 e. The zero-order valence-electron chi connectivity index (χ0n) is 16.4. The van der Waals surface area contributed by atoms with Crippen LogP contribution in [0.4, 0.5) is 8.78 Å². The number of esters is 1. The molecule has 2 aromatic carbocycles. The molecule has 154 valence electrons. The fourth-order valence-electron chi connectivity index (χ4n) is 3.49. The maximum absolute atomic E-state index is 13.9. The lowest BCUT2D eigenvalue weighted by atomic mass is 10.1. The molecule has 1 heterocycles. The Labute approximate surface area is 168 Å². The molecule has 7 heteroatoms. The lowest BCUT2D eigenvalue weighted by Gasteiger charge is -2.22. The van der Waals surface area contributed by atoms with Gasteiger partial charge in [-0.1, -0.05) is 24.3 Å². The van der Waals surface area contributed by atoms with Crippen molar-refractivity contribution in [3.63, 3.8) is 0 Å². The van der Waals surface area contributed by atoms with Gasteiger partial charge in [-0.15, -0.1) is 0 Å². The van der Waals surface area contributed by atoms with E-state index in [4.69, 9.17) is 9.47 Å². The van der Waals surface area contributed by atoms with Crippen LogP contribution in [-0.4, -0.2) is 42.6 Å². The molecule has 2 atom stereocenters. The summed E-state index contributed by atoms with van der Waals surface area (Å²) in [6.07, 6.45) is 0.282. The van der Waals surface area contributed by atoms with Crippen LogP contribution < -0.4 is 4.74 Å². The number of benzene rings is 2. The Morgan fingerprint density at radius 1 is 1.14 bits per heavy atom. The van der Waals surface area contributed by atoms with Gasteiger partial charge < -0.3 is 14.4 Å². The quantitative estimate of drug-likeness (QED) is 0.694. The number of hydrogen-bond donors (Lipinski definition) is 0. The van der Waals surface area contributed by atoms with Crippen LogP contribution in [0.25, 0.3) is 0 Å². The van der Waals surface area contributed by atoms with Crippen molar-refractivity contribution in [3.8, 4) is 5.75 Å². The monoisotopic (exact) mass is 403 g/mol. The average molecular weight is 403 g/mol. The third-order valence-electron chi connectivity index (χ3n) is 5.04. The second-order valence-electron chi connectivity index (χ2n) is 7.07. The van der Waals surface area contributed by atoms with E-state index in [2.05, 4.69) is 0 Å². The van der Waals surface area contributed by atoms with Crippen LogP contribution in [0.5, 0.6) is 5.75 Å². The summed E-state index contributed by atoms with van der Waals surface area (Å²) in [6, 6.07) is 9.94. The normalized spacial score (nSPS) is 18.6. The molecule has 29 heavy (non-hydrogen) atoms. The van der Waals surface area contributed by atoms with E-state index >= 15 is 0 Å². The summed E-state index contributed by atoms with van der Waals surface area (Å²) >= 11 is 0. The van der Waals surface area contributed by atoms with E-state index in [0.717, 1.165) is 5.56 Å². The molecular formula is C22H23F2NO4. The van der Waals surface area contributed by atoms with Crippen molar-refractivity contribution < 1.29 is 27.8 Å². The fraction of sp³-hybridized carbons (Fsp3) is 0.364. The molecule has 0 spiro atoms. The zero-order chi connectivity index (χ0) is 21.0. The van der Waals surface area contributed by atoms with Crippen molar-refractivity contribution in [2.45, 2.75) is 38.3 Å². The lowest BCUT2D eigenvalue weighted by molar-refractivity contribution is -0.150. The van der Waals surface area contributed by atoms with E-state index in [1.807, 2.05) is 0 Å². The van der Waals surface area contributed by atoms with E-state index in [1.54, 1.807) is 31.2 Å². The number of para-hydroxylation sites is 1. The number of carbonyl (C=O) groups is 2. The van der Waals surface area contributed by atoms with Crippen molar-refractivity contribution in [1.82, 2.24) is 4.90 Å². The molecule has 0 aliphatic carbocycles. The highest BCUT2D eigenvalue weighted by Crippen LogP contribution is 2.26. The van der Waals surface area contributed by atoms with Crippen LogP contribution in [0.1, 0.15) is 24.0 Å². The molecule has 5 nitrogen and oxygen atoms in total. The lowest BCUT2D eigenvalue weighted by Crippen LogP contribution is -2.41. The van der Waals surface area contributed by atoms with E-state index in [9.17, 15) is 18.4 Å². The Hall–Kier alpha value is -2.96. The number of methoxy groups -OCH3 is 1. The molecule has 0 saturated carbocycles. The minimum atomic E-state index is -0.778. The molecular weight excluding hydrogens is 380 g/mol. The van der Waals surface area contributed by atoms with Gasteiger partial charge >= 0.3 is 5.97 Å². The van der Waals surface area contributed by atoms with E-state index in [0.29, 0.717) is 12.0 Å². The zero-order valence-corrected chi connectivity index (χ0v) is 16.4. The van der Waals surface area contributed by atoms with Gasteiger partial charge in [0.25, 0.3) is 0 Å². The summed E-state index contributed by atoms with van der Waals surface area (Å²) in [5, 5.41) is 0. The molecule has 1 fully saturated rings. The number of ether oxygens (including phenoxy) is 2. The van der Waals surface area contributed by atoms with Crippen LogP contribution in [0.2, 0.25) is 0 Å². The van der Waals surface area contributed by atoms with Gasteiger partial charge in [0.1, 0.15) is 18.0 Å². The molecule has 3 rings (SSSR count). The van der Waals surface area contributed by atoms with Gasteiger partial charge in [-0.05, 0) is 42.7 Å². The summed E-state index contributed by atoms with van der Waals surface area (Å²) in [4.78, 5) is 26.4. The number of hydrogen-bond acceptors (Lipinski definition) is 4. The third kappa shape index (κ3) is 4.91. The molecule has 1 amide bonds. The number of likely N-dealkylation sites (tertiary alicyclic amines) is 1. The predicted molar refractivity (Wildman–Crippen MR) is 102 cm³/mol. The van der Waals surface area contributed by atoms with Gasteiger partial charge in [-0.25, -0.2) is 13.6 Å². The average Bonchev–Trinajstić information content (AvgIpc) is 3.14. The second kappa shape index (κ2) is 9.03. The second-order valence-corrected chi connectivity index (χ2v) is 7.07.